The Balaban J connectivity index is 0.00000192. The summed E-state index contributed by atoms with van der Waals surface area (Å²) in [5.74, 6) is 3.88. The summed E-state index contributed by atoms with van der Waals surface area (Å²) in [7, 11) is 0. The molecule has 3 aromatic rings. The Kier molecular flexibility index (Phi) is 5.45. The highest BCUT2D eigenvalue weighted by molar-refractivity contribution is 5.85. The first-order valence-corrected chi connectivity index (χ1v) is 10.0. The van der Waals surface area contributed by atoms with Gasteiger partial charge in [-0.25, -0.2) is 0 Å². The van der Waals surface area contributed by atoms with E-state index in [-0.39, 0.29) is 12.4 Å². The molecule has 0 aliphatic carbocycles. The van der Waals surface area contributed by atoms with Gasteiger partial charge in [-0.1, -0.05) is 0 Å². The fourth-order valence-corrected chi connectivity index (χ4v) is 4.42. The molecule has 0 amide bonds. The van der Waals surface area contributed by atoms with Crippen molar-refractivity contribution in [1.82, 2.24) is 25.0 Å². The molecule has 150 valence electrons. The monoisotopic (exact) mass is 401 g/mol. The molecular formula is C21H28ClN5O. The van der Waals surface area contributed by atoms with Crippen LogP contribution in [-0.4, -0.2) is 39.3 Å². The quantitative estimate of drug-likeness (QED) is 0.727. The second kappa shape index (κ2) is 7.85. The van der Waals surface area contributed by atoms with Crippen molar-refractivity contribution in [2.75, 3.05) is 19.6 Å². The number of hydrogen-bond donors (Lipinski definition) is 1. The Morgan fingerprint density at radius 2 is 1.86 bits per heavy atom. The number of hydrogen-bond acceptors (Lipinski definition) is 5. The van der Waals surface area contributed by atoms with Crippen LogP contribution in [0.3, 0.4) is 0 Å². The first kappa shape index (κ1) is 19.4. The summed E-state index contributed by atoms with van der Waals surface area (Å²) >= 11 is 0. The van der Waals surface area contributed by atoms with E-state index in [9.17, 15) is 0 Å². The summed E-state index contributed by atoms with van der Waals surface area (Å²) in [5.41, 5.74) is 3.62. The molecule has 1 N–H and O–H groups in total. The van der Waals surface area contributed by atoms with Gasteiger partial charge in [0.25, 0.3) is 0 Å². The van der Waals surface area contributed by atoms with E-state index in [1.807, 2.05) is 0 Å². The fraction of sp³-hybridized carbons (Fsp3) is 0.524. The second-order valence-corrected chi connectivity index (χ2v) is 8.04. The molecule has 28 heavy (non-hydrogen) atoms. The van der Waals surface area contributed by atoms with Gasteiger partial charge in [-0.3, -0.25) is 4.90 Å². The Morgan fingerprint density at radius 3 is 2.68 bits per heavy atom. The highest BCUT2D eigenvalue weighted by atomic mass is 35.5. The molecule has 0 atom stereocenters. The highest BCUT2D eigenvalue weighted by Crippen LogP contribution is 2.30. The number of aromatic nitrogens is 3. The number of piperidine rings is 1. The van der Waals surface area contributed by atoms with Gasteiger partial charge < -0.3 is 14.3 Å². The zero-order valence-corrected chi connectivity index (χ0v) is 17.4. The van der Waals surface area contributed by atoms with Crippen LogP contribution in [-0.2, 0) is 19.6 Å². The lowest BCUT2D eigenvalue weighted by atomic mass is 9.95. The van der Waals surface area contributed by atoms with Gasteiger partial charge in [0.1, 0.15) is 23.0 Å². The van der Waals surface area contributed by atoms with Crippen LogP contribution in [0.2, 0.25) is 0 Å². The van der Waals surface area contributed by atoms with E-state index in [2.05, 4.69) is 57.0 Å². The number of likely N-dealkylation sites (tertiary alicyclic amines) is 1. The molecule has 4 heterocycles. The summed E-state index contributed by atoms with van der Waals surface area (Å²) in [6.07, 6.45) is 2.29. The average Bonchev–Trinajstić information content (AvgIpc) is 3.26. The minimum Gasteiger partial charge on any atom is -0.460 e. The fourth-order valence-electron chi connectivity index (χ4n) is 4.42. The minimum absolute atomic E-state index is 0. The molecule has 0 saturated carbocycles. The van der Waals surface area contributed by atoms with Gasteiger partial charge in [0.15, 0.2) is 0 Å². The number of rotatable bonds is 3. The van der Waals surface area contributed by atoms with Crippen LogP contribution in [0.4, 0.5) is 0 Å². The van der Waals surface area contributed by atoms with Gasteiger partial charge >= 0.3 is 0 Å². The molecular weight excluding hydrogens is 374 g/mol. The van der Waals surface area contributed by atoms with Gasteiger partial charge in [-0.15, -0.1) is 22.6 Å². The summed E-state index contributed by atoms with van der Waals surface area (Å²) in [6, 6.07) is 6.59. The van der Waals surface area contributed by atoms with Crippen LogP contribution >= 0.6 is 12.4 Å². The zero-order chi connectivity index (χ0) is 18.4. The first-order chi connectivity index (χ1) is 13.2. The molecule has 2 aliphatic heterocycles. The minimum atomic E-state index is 0. The molecule has 0 radical (unpaired) electrons. The summed E-state index contributed by atoms with van der Waals surface area (Å²) in [5, 5.41) is 13.5. The molecule has 1 saturated heterocycles. The normalized spacial score (nSPS) is 18.2. The molecule has 1 aromatic carbocycles. The Morgan fingerprint density at radius 1 is 1.07 bits per heavy atom. The van der Waals surface area contributed by atoms with Crippen molar-refractivity contribution in [3.05, 3.63) is 46.7 Å². The summed E-state index contributed by atoms with van der Waals surface area (Å²) in [4.78, 5) is 2.50. The van der Waals surface area contributed by atoms with E-state index in [1.54, 1.807) is 0 Å². The van der Waals surface area contributed by atoms with Crippen LogP contribution in [0.1, 0.15) is 47.3 Å². The average molecular weight is 402 g/mol. The number of furan rings is 1. The Labute approximate surface area is 171 Å². The summed E-state index contributed by atoms with van der Waals surface area (Å²) in [6.45, 7) is 10.2. The number of nitrogens with one attached hydrogen (secondary N) is 1. The number of nitrogens with zero attached hydrogens (tertiary/aromatic N) is 4. The highest BCUT2D eigenvalue weighted by Gasteiger charge is 2.27. The van der Waals surface area contributed by atoms with Crippen LogP contribution in [0.25, 0.3) is 11.0 Å². The van der Waals surface area contributed by atoms with Crippen molar-refractivity contribution in [2.24, 2.45) is 0 Å². The smallest absolute Gasteiger partial charge is 0.147 e. The largest absolute Gasteiger partial charge is 0.460 e. The van der Waals surface area contributed by atoms with Gasteiger partial charge in [0.2, 0.25) is 0 Å². The summed E-state index contributed by atoms with van der Waals surface area (Å²) < 4.78 is 8.44. The molecule has 0 unspecified atom stereocenters. The number of benzene rings is 1. The van der Waals surface area contributed by atoms with Gasteiger partial charge in [-0.05, 0) is 69.1 Å². The van der Waals surface area contributed by atoms with Crippen LogP contribution in [0.15, 0.2) is 22.6 Å². The molecule has 1 fully saturated rings. The number of aryl methyl sites for hydroxylation is 2. The predicted octanol–water partition coefficient (Wildman–Crippen LogP) is 3.55. The van der Waals surface area contributed by atoms with Crippen LogP contribution in [0.5, 0.6) is 0 Å². The van der Waals surface area contributed by atoms with Crippen molar-refractivity contribution in [3.63, 3.8) is 0 Å². The second-order valence-electron chi connectivity index (χ2n) is 8.04. The third kappa shape index (κ3) is 3.56. The van der Waals surface area contributed by atoms with E-state index < -0.39 is 0 Å². The van der Waals surface area contributed by atoms with E-state index in [4.69, 9.17) is 4.42 Å². The maximum Gasteiger partial charge on any atom is 0.147 e. The first-order valence-electron chi connectivity index (χ1n) is 10.0. The molecule has 2 aliphatic rings. The van der Waals surface area contributed by atoms with E-state index in [0.717, 1.165) is 69.3 Å². The standard InChI is InChI=1S/C21H27N5O.ClH/c1-14-9-17-11-18(27-19(17)10-15(14)2)13-25-6-3-16(4-7-25)21-24-23-20-12-22-5-8-26(20)21;/h9-11,16,22H,3-8,12-13H2,1-2H3;1H. The van der Waals surface area contributed by atoms with Crippen molar-refractivity contribution in [2.45, 2.75) is 52.2 Å². The van der Waals surface area contributed by atoms with Gasteiger partial charge in [0, 0.05) is 24.4 Å². The van der Waals surface area contributed by atoms with Crippen molar-refractivity contribution in [1.29, 1.82) is 0 Å². The SMILES string of the molecule is Cc1cc2cc(CN3CCC(c4nnc5n4CCNC5)CC3)oc2cc1C.Cl. The molecule has 6 nitrogen and oxygen atoms in total. The van der Waals surface area contributed by atoms with Crippen molar-refractivity contribution < 1.29 is 4.42 Å². The predicted molar refractivity (Wildman–Crippen MR) is 112 cm³/mol. The Bertz CT molecular complexity index is 932. The molecule has 5 rings (SSSR count). The zero-order valence-electron chi connectivity index (χ0n) is 16.6. The van der Waals surface area contributed by atoms with Crippen LogP contribution < -0.4 is 5.32 Å². The lowest BCUT2D eigenvalue weighted by Gasteiger charge is -2.31. The maximum absolute atomic E-state index is 6.11. The third-order valence-electron chi connectivity index (χ3n) is 6.17. The topological polar surface area (TPSA) is 59.1 Å². The molecule has 7 heteroatoms. The lowest BCUT2D eigenvalue weighted by Crippen LogP contribution is -2.34. The van der Waals surface area contributed by atoms with Gasteiger partial charge in [0.05, 0.1) is 13.1 Å². The number of halogens is 1. The lowest BCUT2D eigenvalue weighted by molar-refractivity contribution is 0.188. The third-order valence-corrected chi connectivity index (χ3v) is 6.17. The van der Waals surface area contributed by atoms with E-state index in [1.165, 1.54) is 22.3 Å². The maximum atomic E-state index is 6.11. The molecule has 0 bridgehead atoms. The van der Waals surface area contributed by atoms with E-state index >= 15 is 0 Å². The van der Waals surface area contributed by atoms with Crippen LogP contribution in [0, 0.1) is 13.8 Å². The van der Waals surface area contributed by atoms with Gasteiger partial charge in [-0.2, -0.15) is 0 Å². The Hall–Kier alpha value is -1.89. The van der Waals surface area contributed by atoms with E-state index in [0.29, 0.717) is 5.92 Å². The molecule has 2 aromatic heterocycles. The molecule has 0 spiro atoms. The van der Waals surface area contributed by atoms with Crippen molar-refractivity contribution >= 4 is 23.4 Å². The number of fused-ring (bicyclic) bond motifs is 2. The van der Waals surface area contributed by atoms with Crippen molar-refractivity contribution in [3.8, 4) is 0 Å².